The van der Waals surface area contributed by atoms with Crippen LogP contribution in [0, 0.1) is 0 Å². The molecule has 0 saturated carbocycles. The quantitative estimate of drug-likeness (QED) is 0.702. The fourth-order valence-corrected chi connectivity index (χ4v) is 2.69. The molecular weight excluding hydrogens is 242 g/mol. The molecule has 3 rings (SSSR count). The molecule has 0 atom stereocenters. The summed E-state index contributed by atoms with van der Waals surface area (Å²) in [7, 11) is 3.92. The van der Waals surface area contributed by atoms with Gasteiger partial charge in [0.25, 0.3) is 0 Å². The van der Waals surface area contributed by atoms with Crippen LogP contribution in [0.5, 0.6) is 0 Å². The maximum Gasteiger partial charge on any atom is 0.226 e. The highest BCUT2D eigenvalue weighted by Gasteiger charge is 2.11. The molecule has 4 heteroatoms. The number of rotatable bonds is 2. The Morgan fingerprint density at radius 2 is 1.78 bits per heavy atom. The number of thiophene rings is 1. The first-order chi connectivity index (χ1) is 8.75. The molecule has 0 aliphatic carbocycles. The number of fused-ring (bicyclic) bond motifs is 1. The average Bonchev–Trinajstić information content (AvgIpc) is 2.86. The molecule has 2 heterocycles. The van der Waals surface area contributed by atoms with Gasteiger partial charge in [0.2, 0.25) is 5.95 Å². The molecule has 0 bridgehead atoms. The lowest BCUT2D eigenvalue weighted by atomic mass is 10.1. The minimum Gasteiger partial charge on any atom is -0.347 e. The lowest BCUT2D eigenvalue weighted by Gasteiger charge is -2.12. The van der Waals surface area contributed by atoms with E-state index in [9.17, 15) is 0 Å². The predicted molar refractivity (Wildman–Crippen MR) is 77.2 cm³/mol. The van der Waals surface area contributed by atoms with Crippen LogP contribution >= 0.6 is 11.3 Å². The van der Waals surface area contributed by atoms with E-state index in [1.807, 2.05) is 43.3 Å². The van der Waals surface area contributed by atoms with Gasteiger partial charge in [0.05, 0.1) is 15.9 Å². The SMILES string of the molecule is CN(C)c1nc(-c2ccccc2)c2sccc2n1. The molecule has 3 nitrogen and oxygen atoms in total. The second kappa shape index (κ2) is 4.38. The molecule has 0 N–H and O–H groups in total. The van der Waals surface area contributed by atoms with Gasteiger partial charge in [0, 0.05) is 19.7 Å². The summed E-state index contributed by atoms with van der Waals surface area (Å²) in [6.07, 6.45) is 0. The van der Waals surface area contributed by atoms with Crippen molar-refractivity contribution in [3.8, 4) is 11.3 Å². The second-order valence-electron chi connectivity index (χ2n) is 4.27. The molecule has 3 aromatic rings. The van der Waals surface area contributed by atoms with Crippen molar-refractivity contribution in [3.05, 3.63) is 41.8 Å². The molecule has 0 aliphatic rings. The van der Waals surface area contributed by atoms with Crippen LogP contribution in [-0.2, 0) is 0 Å². The molecule has 1 aromatic carbocycles. The summed E-state index contributed by atoms with van der Waals surface area (Å²) < 4.78 is 1.15. The van der Waals surface area contributed by atoms with E-state index in [2.05, 4.69) is 27.5 Å². The Labute approximate surface area is 110 Å². The highest BCUT2D eigenvalue weighted by molar-refractivity contribution is 7.17. The van der Waals surface area contributed by atoms with Crippen molar-refractivity contribution in [2.75, 3.05) is 19.0 Å². The van der Waals surface area contributed by atoms with E-state index in [-0.39, 0.29) is 0 Å². The standard InChI is InChI=1S/C14H13N3S/c1-17(2)14-15-11-8-9-18-13(11)12(16-14)10-6-4-3-5-7-10/h3-9H,1-2H3. The van der Waals surface area contributed by atoms with Crippen LogP contribution in [0.2, 0.25) is 0 Å². The van der Waals surface area contributed by atoms with E-state index in [1.54, 1.807) is 11.3 Å². The molecule has 90 valence electrons. The first-order valence-corrected chi connectivity index (χ1v) is 6.61. The molecule has 0 spiro atoms. The zero-order valence-electron chi connectivity index (χ0n) is 10.3. The van der Waals surface area contributed by atoms with Gasteiger partial charge in [-0.15, -0.1) is 11.3 Å². The summed E-state index contributed by atoms with van der Waals surface area (Å²) in [5.74, 6) is 0.750. The van der Waals surface area contributed by atoms with E-state index < -0.39 is 0 Å². The molecular formula is C14H13N3S. The average molecular weight is 255 g/mol. The monoisotopic (exact) mass is 255 g/mol. The summed E-state index contributed by atoms with van der Waals surface area (Å²) in [4.78, 5) is 11.1. The number of anilines is 1. The molecule has 2 aromatic heterocycles. The highest BCUT2D eigenvalue weighted by Crippen LogP contribution is 2.31. The number of hydrogen-bond acceptors (Lipinski definition) is 4. The number of aromatic nitrogens is 2. The topological polar surface area (TPSA) is 29.0 Å². The third kappa shape index (κ3) is 1.84. The molecule has 0 aliphatic heterocycles. The van der Waals surface area contributed by atoms with Crippen molar-refractivity contribution >= 4 is 27.5 Å². The van der Waals surface area contributed by atoms with E-state index >= 15 is 0 Å². The summed E-state index contributed by atoms with van der Waals surface area (Å²) in [5.41, 5.74) is 3.16. The van der Waals surface area contributed by atoms with Gasteiger partial charge in [-0.05, 0) is 11.4 Å². The Bertz CT molecular complexity index is 674. The predicted octanol–water partition coefficient (Wildman–Crippen LogP) is 3.42. The van der Waals surface area contributed by atoms with Gasteiger partial charge in [-0.25, -0.2) is 9.97 Å². The lowest BCUT2D eigenvalue weighted by molar-refractivity contribution is 1.02. The Balaban J connectivity index is 2.29. The first-order valence-electron chi connectivity index (χ1n) is 5.73. The Kier molecular flexibility index (Phi) is 2.72. The molecule has 0 fully saturated rings. The van der Waals surface area contributed by atoms with Crippen LogP contribution in [-0.4, -0.2) is 24.1 Å². The van der Waals surface area contributed by atoms with E-state index in [0.717, 1.165) is 27.4 Å². The third-order valence-corrected chi connectivity index (χ3v) is 3.65. The summed E-state index contributed by atoms with van der Waals surface area (Å²) in [6, 6.07) is 12.3. The Morgan fingerprint density at radius 3 is 2.50 bits per heavy atom. The summed E-state index contributed by atoms with van der Waals surface area (Å²) in [6.45, 7) is 0. The highest BCUT2D eigenvalue weighted by atomic mass is 32.1. The van der Waals surface area contributed by atoms with Crippen LogP contribution in [0.1, 0.15) is 0 Å². The zero-order chi connectivity index (χ0) is 12.5. The van der Waals surface area contributed by atoms with Gasteiger partial charge < -0.3 is 4.90 Å². The molecule has 0 amide bonds. The number of benzene rings is 1. The molecule has 0 unspecified atom stereocenters. The van der Waals surface area contributed by atoms with Crippen LogP contribution < -0.4 is 4.90 Å². The second-order valence-corrected chi connectivity index (χ2v) is 5.18. The van der Waals surface area contributed by atoms with Crippen molar-refractivity contribution in [2.45, 2.75) is 0 Å². The van der Waals surface area contributed by atoms with E-state index in [4.69, 9.17) is 0 Å². The van der Waals surface area contributed by atoms with Crippen LogP contribution in [0.4, 0.5) is 5.95 Å². The zero-order valence-corrected chi connectivity index (χ0v) is 11.1. The smallest absolute Gasteiger partial charge is 0.226 e. The maximum atomic E-state index is 4.67. The van der Waals surface area contributed by atoms with Gasteiger partial charge in [-0.2, -0.15) is 0 Å². The Hall–Kier alpha value is -1.94. The Morgan fingerprint density at radius 1 is 1.00 bits per heavy atom. The molecule has 18 heavy (non-hydrogen) atoms. The summed E-state index contributed by atoms with van der Waals surface area (Å²) >= 11 is 1.69. The van der Waals surface area contributed by atoms with Gasteiger partial charge in [0.1, 0.15) is 0 Å². The van der Waals surface area contributed by atoms with Crippen molar-refractivity contribution < 1.29 is 0 Å². The minimum absolute atomic E-state index is 0.750. The van der Waals surface area contributed by atoms with Gasteiger partial charge >= 0.3 is 0 Å². The van der Waals surface area contributed by atoms with Crippen molar-refractivity contribution in [1.82, 2.24) is 9.97 Å². The summed E-state index contributed by atoms with van der Waals surface area (Å²) in [5, 5.41) is 2.06. The molecule has 0 saturated heterocycles. The van der Waals surface area contributed by atoms with E-state index in [1.165, 1.54) is 0 Å². The lowest BCUT2D eigenvalue weighted by Crippen LogP contribution is -2.12. The van der Waals surface area contributed by atoms with E-state index in [0.29, 0.717) is 0 Å². The van der Waals surface area contributed by atoms with Gasteiger partial charge in [-0.3, -0.25) is 0 Å². The first kappa shape index (κ1) is 11.2. The largest absolute Gasteiger partial charge is 0.347 e. The minimum atomic E-state index is 0.750. The van der Waals surface area contributed by atoms with Crippen molar-refractivity contribution in [2.24, 2.45) is 0 Å². The van der Waals surface area contributed by atoms with Crippen LogP contribution in [0.15, 0.2) is 41.8 Å². The third-order valence-electron chi connectivity index (χ3n) is 2.74. The van der Waals surface area contributed by atoms with Gasteiger partial charge in [0.15, 0.2) is 0 Å². The maximum absolute atomic E-state index is 4.67. The fraction of sp³-hybridized carbons (Fsp3) is 0.143. The number of hydrogen-bond donors (Lipinski definition) is 0. The fourth-order valence-electron chi connectivity index (χ4n) is 1.84. The van der Waals surface area contributed by atoms with Crippen LogP contribution in [0.3, 0.4) is 0 Å². The van der Waals surface area contributed by atoms with Gasteiger partial charge in [-0.1, -0.05) is 30.3 Å². The van der Waals surface area contributed by atoms with Crippen molar-refractivity contribution in [3.63, 3.8) is 0 Å². The van der Waals surface area contributed by atoms with Crippen molar-refractivity contribution in [1.29, 1.82) is 0 Å². The molecule has 0 radical (unpaired) electrons. The number of nitrogens with zero attached hydrogens (tertiary/aromatic N) is 3. The normalized spacial score (nSPS) is 10.8. The van der Waals surface area contributed by atoms with Crippen LogP contribution in [0.25, 0.3) is 21.5 Å².